The number of rotatable bonds is 3. The van der Waals surface area contributed by atoms with Gasteiger partial charge in [0.15, 0.2) is 0 Å². The molecule has 1 aliphatic rings. The van der Waals surface area contributed by atoms with Gasteiger partial charge in [0.2, 0.25) is 5.91 Å². The van der Waals surface area contributed by atoms with Gasteiger partial charge in [-0.25, -0.2) is 0 Å². The van der Waals surface area contributed by atoms with Gasteiger partial charge in [-0.1, -0.05) is 6.07 Å². The van der Waals surface area contributed by atoms with E-state index in [1.807, 2.05) is 23.1 Å². The van der Waals surface area contributed by atoms with Gasteiger partial charge in [-0.15, -0.1) is 0 Å². The average molecular weight is 286 g/mol. The van der Waals surface area contributed by atoms with Gasteiger partial charge in [0, 0.05) is 25.2 Å². The third-order valence-corrected chi connectivity index (χ3v) is 3.38. The lowest BCUT2D eigenvalue weighted by molar-refractivity contribution is -0.120. The summed E-state index contributed by atoms with van der Waals surface area (Å²) in [7, 11) is 0. The van der Waals surface area contributed by atoms with Crippen LogP contribution >= 0.6 is 0 Å². The van der Waals surface area contributed by atoms with Crippen molar-refractivity contribution in [2.45, 2.75) is 32.9 Å². The molecule has 0 bridgehead atoms. The Morgan fingerprint density at radius 2 is 2.19 bits per heavy atom. The highest BCUT2D eigenvalue weighted by molar-refractivity contribution is 5.83. The van der Waals surface area contributed by atoms with Crippen molar-refractivity contribution in [3.63, 3.8) is 0 Å². The van der Waals surface area contributed by atoms with E-state index in [1.165, 1.54) is 0 Å². The number of piperazine rings is 1. The number of hydrogen-bond acceptors (Lipinski definition) is 4. The monoisotopic (exact) mass is 286 g/mol. The van der Waals surface area contributed by atoms with Crippen molar-refractivity contribution in [2.75, 3.05) is 24.5 Å². The fraction of sp³-hybridized carbons (Fsp3) is 0.500. The number of carbonyl (C=O) groups is 1. The van der Waals surface area contributed by atoms with Gasteiger partial charge in [-0.3, -0.25) is 4.79 Å². The molecule has 1 aliphatic heterocycles. The molecule has 112 valence electrons. The molecule has 1 amide bonds. The Balaban J connectivity index is 2.17. The predicted octanol–water partition coefficient (Wildman–Crippen LogP) is 1.38. The Morgan fingerprint density at radius 3 is 2.81 bits per heavy atom. The van der Waals surface area contributed by atoms with Gasteiger partial charge in [-0.2, -0.15) is 5.26 Å². The zero-order valence-electron chi connectivity index (χ0n) is 12.9. The van der Waals surface area contributed by atoms with E-state index in [2.05, 4.69) is 37.5 Å². The number of nitrogens with one attached hydrogen (secondary N) is 2. The van der Waals surface area contributed by atoms with E-state index in [4.69, 9.17) is 0 Å². The second-order valence-electron chi connectivity index (χ2n) is 6.34. The van der Waals surface area contributed by atoms with Crippen molar-refractivity contribution in [1.29, 1.82) is 5.26 Å². The van der Waals surface area contributed by atoms with Crippen LogP contribution in [0.3, 0.4) is 0 Å². The first kappa shape index (κ1) is 15.3. The molecule has 5 nitrogen and oxygen atoms in total. The number of anilines is 1. The first-order valence-corrected chi connectivity index (χ1v) is 7.19. The standard InChI is InChI=1S/C16H22N4O/c1-16(2,3)19-10-12-4-5-14(13(8-12)9-17)20-7-6-18-15(21)11-20/h4-5,8,19H,6-7,10-11H2,1-3H3,(H,18,21). The van der Waals surface area contributed by atoms with Gasteiger partial charge < -0.3 is 15.5 Å². The van der Waals surface area contributed by atoms with E-state index in [0.29, 0.717) is 18.7 Å². The second-order valence-corrected chi connectivity index (χ2v) is 6.34. The van der Waals surface area contributed by atoms with Crippen molar-refractivity contribution in [3.05, 3.63) is 29.3 Å². The zero-order chi connectivity index (χ0) is 15.5. The minimum Gasteiger partial charge on any atom is -0.359 e. The summed E-state index contributed by atoms with van der Waals surface area (Å²) >= 11 is 0. The molecule has 0 saturated carbocycles. The van der Waals surface area contributed by atoms with Crippen molar-refractivity contribution in [3.8, 4) is 6.07 Å². The molecule has 0 spiro atoms. The third-order valence-electron chi connectivity index (χ3n) is 3.38. The van der Waals surface area contributed by atoms with Gasteiger partial charge in [0.1, 0.15) is 6.07 Å². The van der Waals surface area contributed by atoms with E-state index in [1.54, 1.807) is 0 Å². The quantitative estimate of drug-likeness (QED) is 0.881. The molecular weight excluding hydrogens is 264 g/mol. The van der Waals surface area contributed by atoms with Crippen molar-refractivity contribution in [1.82, 2.24) is 10.6 Å². The van der Waals surface area contributed by atoms with Crippen LogP contribution in [0.1, 0.15) is 31.9 Å². The van der Waals surface area contributed by atoms with Crippen molar-refractivity contribution < 1.29 is 4.79 Å². The highest BCUT2D eigenvalue weighted by Gasteiger charge is 2.19. The maximum absolute atomic E-state index is 11.5. The smallest absolute Gasteiger partial charge is 0.239 e. The first-order valence-electron chi connectivity index (χ1n) is 7.19. The first-order chi connectivity index (χ1) is 9.89. The molecule has 0 unspecified atom stereocenters. The summed E-state index contributed by atoms with van der Waals surface area (Å²) in [5, 5.41) is 15.6. The molecule has 5 heteroatoms. The highest BCUT2D eigenvalue weighted by Crippen LogP contribution is 2.22. The fourth-order valence-electron chi connectivity index (χ4n) is 2.27. The Hall–Kier alpha value is -2.06. The van der Waals surface area contributed by atoms with E-state index in [9.17, 15) is 10.1 Å². The van der Waals surface area contributed by atoms with E-state index in [0.717, 1.165) is 24.3 Å². The van der Waals surface area contributed by atoms with Crippen LogP contribution in [0, 0.1) is 11.3 Å². The Morgan fingerprint density at radius 1 is 1.43 bits per heavy atom. The summed E-state index contributed by atoms with van der Waals surface area (Å²) in [5.74, 6) is 0.00335. The minimum absolute atomic E-state index is 0.00335. The van der Waals surface area contributed by atoms with Crippen LogP contribution in [-0.2, 0) is 11.3 Å². The van der Waals surface area contributed by atoms with E-state index < -0.39 is 0 Å². The molecule has 1 heterocycles. The lowest BCUT2D eigenvalue weighted by Crippen LogP contribution is -2.48. The second kappa shape index (κ2) is 6.15. The van der Waals surface area contributed by atoms with Crippen LogP contribution in [0.15, 0.2) is 18.2 Å². The number of benzene rings is 1. The SMILES string of the molecule is CC(C)(C)NCc1ccc(N2CCNC(=O)C2)c(C#N)c1. The highest BCUT2D eigenvalue weighted by atomic mass is 16.2. The molecule has 0 aliphatic carbocycles. The molecule has 0 atom stereocenters. The van der Waals surface area contributed by atoms with Gasteiger partial charge in [0.05, 0.1) is 17.8 Å². The number of nitriles is 1. The van der Waals surface area contributed by atoms with Crippen LogP contribution < -0.4 is 15.5 Å². The van der Waals surface area contributed by atoms with E-state index in [-0.39, 0.29) is 11.4 Å². The van der Waals surface area contributed by atoms with Crippen molar-refractivity contribution in [2.24, 2.45) is 0 Å². The maximum atomic E-state index is 11.5. The van der Waals surface area contributed by atoms with Crippen LogP contribution in [0.2, 0.25) is 0 Å². The molecule has 1 aromatic rings. The Labute approximate surface area is 125 Å². The summed E-state index contributed by atoms with van der Waals surface area (Å²) in [6.07, 6.45) is 0. The maximum Gasteiger partial charge on any atom is 0.239 e. The van der Waals surface area contributed by atoms with Crippen LogP contribution in [0.5, 0.6) is 0 Å². The minimum atomic E-state index is 0.00335. The number of carbonyl (C=O) groups excluding carboxylic acids is 1. The fourth-order valence-corrected chi connectivity index (χ4v) is 2.27. The summed E-state index contributed by atoms with van der Waals surface area (Å²) < 4.78 is 0. The third kappa shape index (κ3) is 4.20. The molecule has 1 saturated heterocycles. The lowest BCUT2D eigenvalue weighted by atomic mass is 10.1. The van der Waals surface area contributed by atoms with E-state index >= 15 is 0 Å². The summed E-state index contributed by atoms with van der Waals surface area (Å²) in [6, 6.07) is 8.10. The number of hydrogen-bond donors (Lipinski definition) is 2. The number of nitrogens with zero attached hydrogens (tertiary/aromatic N) is 2. The van der Waals surface area contributed by atoms with Crippen molar-refractivity contribution >= 4 is 11.6 Å². The predicted molar refractivity (Wildman–Crippen MR) is 83.0 cm³/mol. The van der Waals surface area contributed by atoms with Gasteiger partial charge in [0.25, 0.3) is 0 Å². The molecule has 21 heavy (non-hydrogen) atoms. The lowest BCUT2D eigenvalue weighted by Gasteiger charge is -2.29. The number of amides is 1. The van der Waals surface area contributed by atoms with Gasteiger partial charge >= 0.3 is 0 Å². The molecule has 2 N–H and O–H groups in total. The summed E-state index contributed by atoms with van der Waals surface area (Å²) in [6.45, 7) is 8.72. The van der Waals surface area contributed by atoms with Gasteiger partial charge in [-0.05, 0) is 38.5 Å². The molecule has 1 aromatic carbocycles. The summed E-state index contributed by atoms with van der Waals surface area (Å²) in [5.41, 5.74) is 2.58. The molecule has 0 radical (unpaired) electrons. The molecular formula is C16H22N4O. The molecule has 1 fully saturated rings. The Bertz CT molecular complexity index is 569. The molecule has 0 aromatic heterocycles. The van der Waals surface area contributed by atoms with Crippen LogP contribution in [0.25, 0.3) is 0 Å². The van der Waals surface area contributed by atoms with Crippen LogP contribution in [-0.4, -0.2) is 31.1 Å². The zero-order valence-corrected chi connectivity index (χ0v) is 12.9. The topological polar surface area (TPSA) is 68.2 Å². The summed E-state index contributed by atoms with van der Waals surface area (Å²) in [4.78, 5) is 13.4. The normalized spacial score (nSPS) is 15.5. The largest absolute Gasteiger partial charge is 0.359 e. The molecule has 2 rings (SSSR count). The average Bonchev–Trinajstić information content (AvgIpc) is 2.44. The Kier molecular flexibility index (Phi) is 4.49. The van der Waals surface area contributed by atoms with Crippen LogP contribution in [0.4, 0.5) is 5.69 Å².